The topological polar surface area (TPSA) is 180 Å². The molecule has 0 spiro atoms. The zero-order valence-corrected chi connectivity index (χ0v) is 23.9. The van der Waals surface area contributed by atoms with Gasteiger partial charge in [-0.3, -0.25) is 19.6 Å². The first kappa shape index (κ1) is 31.7. The molecule has 1 atom stereocenters. The summed E-state index contributed by atoms with van der Waals surface area (Å²) < 4.78 is 29.2. The first-order chi connectivity index (χ1) is 19.6. The molecule has 0 radical (unpaired) electrons. The number of nitrogens with one attached hydrogen (secondary N) is 3. The van der Waals surface area contributed by atoms with Crippen LogP contribution in [0, 0.1) is 5.92 Å². The van der Waals surface area contributed by atoms with Gasteiger partial charge in [0.25, 0.3) is 21.8 Å². The summed E-state index contributed by atoms with van der Waals surface area (Å²) in [6.07, 6.45) is 2.46. The Morgan fingerprint density at radius 2 is 1.71 bits per heavy atom. The zero-order chi connectivity index (χ0) is 30.0. The standard InChI is InChI=1S/C27H32ClN5O7S/c1-2-3-9-23-30-25(28)22(17-34)33(23)16-19-10-12-20(13-11-19)41(39,40)32-24(35)15-29-26(36)21(27(37)31-38)14-18-7-5-4-6-8-18/h4-8,10-13,21,34,38H,2-3,9,14-17H2,1H3,(H,29,36)(H,31,37)(H,32,35). The van der Waals surface area contributed by atoms with Crippen LogP contribution in [0.25, 0.3) is 0 Å². The van der Waals surface area contributed by atoms with Crippen LogP contribution >= 0.6 is 11.6 Å². The number of hydroxylamine groups is 1. The molecule has 3 aromatic rings. The Morgan fingerprint density at radius 3 is 2.32 bits per heavy atom. The molecular formula is C27H32ClN5O7S. The number of aryl methyl sites for hydroxylation is 1. The first-order valence-corrected chi connectivity index (χ1v) is 14.7. The van der Waals surface area contributed by atoms with Gasteiger partial charge in [0.2, 0.25) is 5.91 Å². The van der Waals surface area contributed by atoms with Crippen molar-refractivity contribution in [1.29, 1.82) is 0 Å². The number of sulfonamides is 1. The number of nitrogens with zero attached hydrogens (tertiary/aromatic N) is 2. The van der Waals surface area contributed by atoms with Crippen LogP contribution in [0.2, 0.25) is 5.15 Å². The van der Waals surface area contributed by atoms with E-state index in [0.29, 0.717) is 24.2 Å². The Hall–Kier alpha value is -3.78. The molecule has 0 saturated heterocycles. The van der Waals surface area contributed by atoms with Gasteiger partial charge in [-0.1, -0.05) is 67.4 Å². The molecule has 1 aromatic heterocycles. The molecule has 41 heavy (non-hydrogen) atoms. The fourth-order valence-electron chi connectivity index (χ4n) is 4.09. The predicted molar refractivity (Wildman–Crippen MR) is 149 cm³/mol. The van der Waals surface area contributed by atoms with Crippen molar-refractivity contribution in [2.24, 2.45) is 5.92 Å². The highest BCUT2D eigenvalue weighted by molar-refractivity contribution is 7.90. The van der Waals surface area contributed by atoms with E-state index >= 15 is 0 Å². The number of aromatic nitrogens is 2. The average Bonchev–Trinajstić information content (AvgIpc) is 3.26. The molecule has 0 saturated carbocycles. The molecule has 0 bridgehead atoms. The predicted octanol–water partition coefficient (Wildman–Crippen LogP) is 1.71. The molecule has 3 rings (SSSR count). The molecule has 0 aliphatic rings. The second-order valence-corrected chi connectivity index (χ2v) is 11.3. The van der Waals surface area contributed by atoms with Gasteiger partial charge in [-0.15, -0.1) is 0 Å². The van der Waals surface area contributed by atoms with Gasteiger partial charge < -0.3 is 15.0 Å². The molecule has 5 N–H and O–H groups in total. The van der Waals surface area contributed by atoms with Gasteiger partial charge in [-0.25, -0.2) is 23.6 Å². The molecule has 2 aromatic carbocycles. The number of hydrogen-bond acceptors (Lipinski definition) is 8. The van der Waals surface area contributed by atoms with Crippen LogP contribution in [0.1, 0.15) is 42.4 Å². The number of benzene rings is 2. The summed E-state index contributed by atoms with van der Waals surface area (Å²) in [4.78, 5) is 41.1. The summed E-state index contributed by atoms with van der Waals surface area (Å²) in [6, 6.07) is 14.4. The molecule has 3 amide bonds. The summed E-state index contributed by atoms with van der Waals surface area (Å²) in [5.74, 6) is -3.49. The van der Waals surface area contributed by atoms with Gasteiger partial charge in [0.05, 0.1) is 23.7 Å². The highest BCUT2D eigenvalue weighted by Crippen LogP contribution is 2.21. The van der Waals surface area contributed by atoms with E-state index in [1.165, 1.54) is 17.6 Å². The van der Waals surface area contributed by atoms with Crippen molar-refractivity contribution in [3.8, 4) is 0 Å². The van der Waals surface area contributed by atoms with Crippen LogP contribution in [0.5, 0.6) is 0 Å². The summed E-state index contributed by atoms with van der Waals surface area (Å²) in [7, 11) is -4.27. The Kier molecular flexibility index (Phi) is 11.4. The van der Waals surface area contributed by atoms with Crippen molar-refractivity contribution >= 4 is 39.3 Å². The zero-order valence-electron chi connectivity index (χ0n) is 22.3. The highest BCUT2D eigenvalue weighted by Gasteiger charge is 2.28. The lowest BCUT2D eigenvalue weighted by Crippen LogP contribution is -2.45. The maximum atomic E-state index is 12.8. The summed E-state index contributed by atoms with van der Waals surface area (Å²) in [5, 5.41) is 21.2. The molecule has 0 fully saturated rings. The van der Waals surface area contributed by atoms with Gasteiger partial charge in [0.15, 0.2) is 5.15 Å². The van der Waals surface area contributed by atoms with E-state index in [1.807, 2.05) is 11.6 Å². The number of rotatable bonds is 14. The molecule has 1 heterocycles. The maximum absolute atomic E-state index is 12.8. The van der Waals surface area contributed by atoms with Crippen LogP contribution in [0.4, 0.5) is 0 Å². The number of aliphatic hydroxyl groups is 1. The molecule has 14 heteroatoms. The van der Waals surface area contributed by atoms with E-state index in [0.717, 1.165) is 24.2 Å². The molecule has 0 aliphatic carbocycles. The lowest BCUT2D eigenvalue weighted by molar-refractivity contribution is -0.141. The normalized spacial score (nSPS) is 12.0. The highest BCUT2D eigenvalue weighted by atomic mass is 35.5. The minimum Gasteiger partial charge on any atom is -0.390 e. The Labute approximate surface area is 242 Å². The fourth-order valence-corrected chi connectivity index (χ4v) is 5.34. The van der Waals surface area contributed by atoms with Gasteiger partial charge in [0.1, 0.15) is 11.7 Å². The van der Waals surface area contributed by atoms with Crippen LogP contribution in [0.15, 0.2) is 59.5 Å². The van der Waals surface area contributed by atoms with E-state index in [4.69, 9.17) is 16.8 Å². The number of halogens is 1. The Balaban J connectivity index is 1.63. The molecule has 220 valence electrons. The van der Waals surface area contributed by atoms with Gasteiger partial charge in [-0.05, 0) is 36.1 Å². The largest absolute Gasteiger partial charge is 0.390 e. The Morgan fingerprint density at radius 1 is 1.02 bits per heavy atom. The monoisotopic (exact) mass is 605 g/mol. The summed E-state index contributed by atoms with van der Waals surface area (Å²) in [5.41, 5.74) is 3.26. The van der Waals surface area contributed by atoms with E-state index in [-0.39, 0.29) is 23.1 Å². The number of carbonyl (C=O) groups is 3. The van der Waals surface area contributed by atoms with Crippen molar-refractivity contribution in [2.45, 2.75) is 50.7 Å². The van der Waals surface area contributed by atoms with Crippen molar-refractivity contribution in [3.05, 3.63) is 82.4 Å². The average molecular weight is 606 g/mol. The number of aliphatic hydroxyl groups excluding tert-OH is 1. The second-order valence-electron chi connectivity index (χ2n) is 9.22. The first-order valence-electron chi connectivity index (χ1n) is 12.8. The third-order valence-electron chi connectivity index (χ3n) is 6.28. The quantitative estimate of drug-likeness (QED) is 0.105. The van der Waals surface area contributed by atoms with Crippen LogP contribution < -0.4 is 15.5 Å². The SMILES string of the molecule is CCCCc1nc(Cl)c(CO)n1Cc1ccc(S(=O)(=O)NC(=O)CNC(=O)C(Cc2ccccc2)C(=O)NO)cc1. The Bertz CT molecular complexity index is 1460. The second kappa shape index (κ2) is 14.7. The number of carbonyl (C=O) groups excluding carboxylic acids is 3. The number of hydrogen-bond donors (Lipinski definition) is 5. The van der Waals surface area contributed by atoms with Gasteiger partial charge in [-0.2, -0.15) is 0 Å². The van der Waals surface area contributed by atoms with Crippen LogP contribution in [-0.2, 0) is 50.4 Å². The van der Waals surface area contributed by atoms with Crippen molar-refractivity contribution < 1.29 is 33.1 Å². The van der Waals surface area contributed by atoms with E-state index in [1.54, 1.807) is 47.0 Å². The third kappa shape index (κ3) is 8.60. The van der Waals surface area contributed by atoms with Crippen molar-refractivity contribution in [2.75, 3.05) is 6.54 Å². The van der Waals surface area contributed by atoms with E-state index < -0.39 is 40.2 Å². The molecule has 12 nitrogen and oxygen atoms in total. The lowest BCUT2D eigenvalue weighted by atomic mass is 9.98. The van der Waals surface area contributed by atoms with Gasteiger partial charge in [0, 0.05) is 13.0 Å². The van der Waals surface area contributed by atoms with Crippen LogP contribution in [0.3, 0.4) is 0 Å². The minimum absolute atomic E-state index is 0.0451. The third-order valence-corrected chi connectivity index (χ3v) is 7.97. The maximum Gasteiger partial charge on any atom is 0.264 e. The van der Waals surface area contributed by atoms with Crippen molar-refractivity contribution in [3.63, 3.8) is 0 Å². The van der Waals surface area contributed by atoms with E-state index in [2.05, 4.69) is 10.3 Å². The lowest BCUT2D eigenvalue weighted by Gasteiger charge is -2.15. The molecule has 1 unspecified atom stereocenters. The van der Waals surface area contributed by atoms with Crippen molar-refractivity contribution in [1.82, 2.24) is 25.1 Å². The smallest absolute Gasteiger partial charge is 0.264 e. The minimum atomic E-state index is -4.27. The molecule has 0 aliphatic heterocycles. The molecular weight excluding hydrogens is 574 g/mol. The fraction of sp³-hybridized carbons (Fsp3) is 0.333. The van der Waals surface area contributed by atoms with Gasteiger partial charge >= 0.3 is 0 Å². The number of unbranched alkanes of at least 4 members (excludes halogenated alkanes) is 1. The van der Waals surface area contributed by atoms with E-state index in [9.17, 15) is 27.9 Å². The summed E-state index contributed by atoms with van der Waals surface area (Å²) >= 11 is 6.18. The van der Waals surface area contributed by atoms with Crippen LogP contribution in [-0.4, -0.2) is 52.5 Å². The number of amides is 3. The summed E-state index contributed by atoms with van der Waals surface area (Å²) in [6.45, 7) is 1.34. The number of imidazole rings is 1.